The van der Waals surface area contributed by atoms with E-state index in [1.54, 1.807) is 17.6 Å². The van der Waals surface area contributed by atoms with Crippen LogP contribution >= 0.6 is 11.3 Å². The van der Waals surface area contributed by atoms with E-state index in [-0.39, 0.29) is 17.2 Å². The van der Waals surface area contributed by atoms with Gasteiger partial charge in [0.2, 0.25) is 15.9 Å². The van der Waals surface area contributed by atoms with Gasteiger partial charge in [-0.25, -0.2) is 13.4 Å². The maximum atomic E-state index is 13.2. The van der Waals surface area contributed by atoms with Crippen molar-refractivity contribution in [3.8, 4) is 0 Å². The highest BCUT2D eigenvalue weighted by Gasteiger charge is 2.33. The van der Waals surface area contributed by atoms with Crippen molar-refractivity contribution < 1.29 is 13.2 Å². The molecule has 1 fully saturated rings. The zero-order valence-electron chi connectivity index (χ0n) is 16.7. The molecule has 0 saturated carbocycles. The Hall–Kier alpha value is -1.77. The summed E-state index contributed by atoms with van der Waals surface area (Å²) in [4.78, 5) is 16.8. The molecule has 28 heavy (non-hydrogen) atoms. The van der Waals surface area contributed by atoms with Crippen LogP contribution in [0.1, 0.15) is 44.7 Å². The lowest BCUT2D eigenvalue weighted by atomic mass is 9.87. The molecule has 1 aliphatic rings. The van der Waals surface area contributed by atoms with E-state index in [0.717, 1.165) is 11.1 Å². The van der Waals surface area contributed by atoms with Crippen LogP contribution < -0.4 is 5.32 Å². The van der Waals surface area contributed by atoms with Crippen molar-refractivity contribution in [2.45, 2.75) is 50.8 Å². The average Bonchev–Trinajstić information content (AvgIpc) is 3.14. The average molecular weight is 422 g/mol. The highest BCUT2D eigenvalue weighted by atomic mass is 32.2. The predicted molar refractivity (Wildman–Crippen MR) is 112 cm³/mol. The third-order valence-electron chi connectivity index (χ3n) is 5.16. The monoisotopic (exact) mass is 421 g/mol. The second-order valence-electron chi connectivity index (χ2n) is 8.24. The fourth-order valence-corrected chi connectivity index (χ4v) is 5.59. The minimum Gasteiger partial charge on any atom is -0.302 e. The first-order valence-electron chi connectivity index (χ1n) is 9.40. The summed E-state index contributed by atoms with van der Waals surface area (Å²) in [7, 11) is -3.58. The highest BCUT2D eigenvalue weighted by Crippen LogP contribution is 2.30. The molecule has 8 heteroatoms. The number of hydrogen-bond acceptors (Lipinski definition) is 5. The Morgan fingerprint density at radius 1 is 1.25 bits per heavy atom. The summed E-state index contributed by atoms with van der Waals surface area (Å²) in [5, 5.41) is 5.19. The largest absolute Gasteiger partial charge is 0.302 e. The first-order chi connectivity index (χ1) is 13.1. The van der Waals surface area contributed by atoms with Gasteiger partial charge in [0.05, 0.1) is 4.90 Å². The molecule has 1 N–H and O–H groups in total. The quantitative estimate of drug-likeness (QED) is 0.815. The molecule has 0 aliphatic carbocycles. The van der Waals surface area contributed by atoms with Gasteiger partial charge in [0.25, 0.3) is 0 Å². The molecule has 0 unspecified atom stereocenters. The minimum atomic E-state index is -3.58. The number of thiazole rings is 1. The maximum absolute atomic E-state index is 13.2. The van der Waals surface area contributed by atoms with Crippen LogP contribution in [0.15, 0.2) is 34.7 Å². The molecule has 1 amide bonds. The molecular weight excluding hydrogens is 394 g/mol. The van der Waals surface area contributed by atoms with E-state index in [4.69, 9.17) is 0 Å². The van der Waals surface area contributed by atoms with E-state index < -0.39 is 10.0 Å². The molecule has 0 radical (unpaired) electrons. The Bertz CT molecular complexity index is 940. The van der Waals surface area contributed by atoms with Crippen LogP contribution in [0.3, 0.4) is 0 Å². The summed E-state index contributed by atoms with van der Waals surface area (Å²) in [6.07, 6.45) is 2.66. The summed E-state index contributed by atoms with van der Waals surface area (Å²) in [5.74, 6) is -0.282. The summed E-state index contributed by atoms with van der Waals surface area (Å²) < 4.78 is 28.0. The fraction of sp³-hybridized carbons (Fsp3) is 0.500. The molecule has 2 aromatic rings. The van der Waals surface area contributed by atoms with Crippen molar-refractivity contribution in [1.82, 2.24) is 9.29 Å². The van der Waals surface area contributed by atoms with Gasteiger partial charge in [0.15, 0.2) is 5.13 Å². The number of rotatable bonds is 4. The molecular formula is C20H27N3O3S2. The number of benzene rings is 1. The van der Waals surface area contributed by atoms with Gasteiger partial charge in [-0.1, -0.05) is 32.9 Å². The van der Waals surface area contributed by atoms with Crippen LogP contribution in [0.5, 0.6) is 0 Å². The fourth-order valence-electron chi connectivity index (χ4n) is 3.33. The van der Waals surface area contributed by atoms with Crippen LogP contribution in [-0.2, 0) is 20.2 Å². The lowest BCUT2D eigenvalue weighted by molar-refractivity contribution is -0.120. The van der Waals surface area contributed by atoms with Crippen LogP contribution in [-0.4, -0.2) is 36.7 Å². The van der Waals surface area contributed by atoms with Crippen LogP contribution in [0.25, 0.3) is 0 Å². The molecule has 1 aromatic carbocycles. The van der Waals surface area contributed by atoms with Crippen molar-refractivity contribution in [1.29, 1.82) is 0 Å². The third-order valence-corrected chi connectivity index (χ3v) is 7.89. The summed E-state index contributed by atoms with van der Waals surface area (Å²) in [5.41, 5.74) is 1.62. The van der Waals surface area contributed by atoms with Crippen LogP contribution in [0.2, 0.25) is 0 Å². The number of carbonyl (C=O) groups is 1. The molecule has 6 nitrogen and oxygen atoms in total. The van der Waals surface area contributed by atoms with Crippen molar-refractivity contribution in [2.75, 3.05) is 18.4 Å². The summed E-state index contributed by atoms with van der Waals surface area (Å²) in [6.45, 7) is 8.73. The van der Waals surface area contributed by atoms with Crippen molar-refractivity contribution in [3.05, 3.63) is 40.9 Å². The summed E-state index contributed by atoms with van der Waals surface area (Å²) >= 11 is 1.37. The zero-order chi connectivity index (χ0) is 20.5. The van der Waals surface area contributed by atoms with E-state index in [1.807, 2.05) is 19.1 Å². The SMILES string of the molecule is Cc1ccc(C(C)(C)C)cc1S(=O)(=O)N1CCC(C(=O)Nc2nccs2)CC1. The number of aromatic nitrogens is 1. The highest BCUT2D eigenvalue weighted by molar-refractivity contribution is 7.89. The molecule has 3 rings (SSSR count). The van der Waals surface area contributed by atoms with E-state index in [0.29, 0.717) is 36.0 Å². The number of nitrogens with zero attached hydrogens (tertiary/aromatic N) is 2. The second-order valence-corrected chi connectivity index (χ2v) is 11.0. The molecule has 0 atom stereocenters. The standard InChI is InChI=1S/C20H27N3O3S2/c1-14-5-6-16(20(2,3)4)13-17(14)28(25,26)23-10-7-15(8-11-23)18(24)22-19-21-9-12-27-19/h5-6,9,12-13,15H,7-8,10-11H2,1-4H3,(H,21,22,24). The number of anilines is 1. The number of hydrogen-bond donors (Lipinski definition) is 1. The Morgan fingerprint density at radius 2 is 1.93 bits per heavy atom. The van der Waals surface area contributed by atoms with Gasteiger partial charge >= 0.3 is 0 Å². The zero-order valence-corrected chi connectivity index (χ0v) is 18.4. The van der Waals surface area contributed by atoms with Gasteiger partial charge in [0, 0.05) is 30.6 Å². The second kappa shape index (κ2) is 7.93. The van der Waals surface area contributed by atoms with Crippen LogP contribution in [0, 0.1) is 12.8 Å². The molecule has 1 aromatic heterocycles. The van der Waals surface area contributed by atoms with Gasteiger partial charge in [-0.15, -0.1) is 11.3 Å². The molecule has 152 valence electrons. The normalized spacial score (nSPS) is 16.9. The van der Waals surface area contributed by atoms with Crippen molar-refractivity contribution in [2.24, 2.45) is 5.92 Å². The Kier molecular flexibility index (Phi) is 5.93. The van der Waals surface area contributed by atoms with E-state index in [9.17, 15) is 13.2 Å². The van der Waals surface area contributed by atoms with Crippen molar-refractivity contribution >= 4 is 32.4 Å². The first kappa shape index (κ1) is 21.0. The predicted octanol–water partition coefficient (Wildman–Crippen LogP) is 3.79. The topological polar surface area (TPSA) is 79.4 Å². The summed E-state index contributed by atoms with van der Waals surface area (Å²) in [6, 6.07) is 5.66. The van der Waals surface area contributed by atoms with Gasteiger partial charge in [-0.3, -0.25) is 4.79 Å². The van der Waals surface area contributed by atoms with E-state index in [2.05, 4.69) is 31.1 Å². The first-order valence-corrected chi connectivity index (χ1v) is 11.7. The minimum absolute atomic E-state index is 0.0853. The lowest BCUT2D eigenvalue weighted by Crippen LogP contribution is -2.41. The third kappa shape index (κ3) is 4.45. The molecule has 0 bridgehead atoms. The molecule has 2 heterocycles. The van der Waals surface area contributed by atoms with Gasteiger partial charge in [-0.2, -0.15) is 4.31 Å². The Labute approximate surface area is 171 Å². The maximum Gasteiger partial charge on any atom is 0.243 e. The molecule has 0 spiro atoms. The molecule has 1 saturated heterocycles. The Morgan fingerprint density at radius 3 is 2.50 bits per heavy atom. The molecule has 1 aliphatic heterocycles. The van der Waals surface area contributed by atoms with Gasteiger partial charge < -0.3 is 5.32 Å². The number of nitrogens with one attached hydrogen (secondary N) is 1. The van der Waals surface area contributed by atoms with Crippen LogP contribution in [0.4, 0.5) is 5.13 Å². The number of aryl methyl sites for hydroxylation is 1. The smallest absolute Gasteiger partial charge is 0.243 e. The lowest BCUT2D eigenvalue weighted by Gasteiger charge is -2.31. The van der Waals surface area contributed by atoms with Gasteiger partial charge in [-0.05, 0) is 42.4 Å². The van der Waals surface area contributed by atoms with Crippen molar-refractivity contribution in [3.63, 3.8) is 0 Å². The van der Waals surface area contributed by atoms with E-state index >= 15 is 0 Å². The van der Waals surface area contributed by atoms with Gasteiger partial charge in [0.1, 0.15) is 0 Å². The van der Waals surface area contributed by atoms with E-state index in [1.165, 1.54) is 15.6 Å². The number of amides is 1. The number of piperidine rings is 1. The number of carbonyl (C=O) groups excluding carboxylic acids is 1. The number of sulfonamides is 1. The Balaban J connectivity index is 1.72.